The predicted octanol–water partition coefficient (Wildman–Crippen LogP) is 7.37. The van der Waals surface area contributed by atoms with E-state index in [1.165, 1.54) is 17.0 Å². The SMILES string of the molecule is CCN(CC)c1ccc(N=Cc2ccc(OC(=O)c3sc4ccccc4c3Cl)cc2)cc1. The zero-order valence-electron chi connectivity index (χ0n) is 17.9. The van der Waals surface area contributed by atoms with E-state index >= 15 is 0 Å². The predicted molar refractivity (Wildman–Crippen MR) is 135 cm³/mol. The standard InChI is InChI=1S/C26H23ClN2O2S/c1-3-29(4-2)20-13-11-19(12-14-20)28-17-18-9-15-21(16-10-18)31-26(30)25-24(27)22-7-5-6-8-23(22)32-25/h5-17H,3-4H2,1-2H3. The average molecular weight is 463 g/mol. The van der Waals surface area contributed by atoms with Crippen molar-refractivity contribution in [3.05, 3.63) is 88.3 Å². The van der Waals surface area contributed by atoms with Crippen LogP contribution >= 0.6 is 22.9 Å². The summed E-state index contributed by atoms with van der Waals surface area (Å²) in [6.07, 6.45) is 1.79. The smallest absolute Gasteiger partial charge is 0.355 e. The molecule has 1 aromatic heterocycles. The molecule has 0 radical (unpaired) electrons. The number of esters is 1. The monoisotopic (exact) mass is 462 g/mol. The molecule has 4 nitrogen and oxygen atoms in total. The van der Waals surface area contributed by atoms with Gasteiger partial charge in [-0.25, -0.2) is 4.79 Å². The van der Waals surface area contributed by atoms with Crippen molar-refractivity contribution in [2.24, 2.45) is 4.99 Å². The van der Waals surface area contributed by atoms with Crippen molar-refractivity contribution in [2.45, 2.75) is 13.8 Å². The summed E-state index contributed by atoms with van der Waals surface area (Å²) in [6.45, 7) is 6.25. The van der Waals surface area contributed by atoms with Crippen LogP contribution in [-0.2, 0) is 0 Å². The highest BCUT2D eigenvalue weighted by molar-refractivity contribution is 7.21. The number of anilines is 1. The first-order valence-electron chi connectivity index (χ1n) is 10.5. The second-order valence-corrected chi connectivity index (χ2v) is 8.58. The van der Waals surface area contributed by atoms with E-state index in [1.807, 2.05) is 48.5 Å². The van der Waals surface area contributed by atoms with Crippen molar-refractivity contribution in [2.75, 3.05) is 18.0 Å². The third kappa shape index (κ3) is 4.85. The van der Waals surface area contributed by atoms with Gasteiger partial charge in [0.25, 0.3) is 0 Å². The molecule has 32 heavy (non-hydrogen) atoms. The number of rotatable bonds is 7. The highest BCUT2D eigenvalue weighted by atomic mass is 35.5. The van der Waals surface area contributed by atoms with Crippen LogP contribution in [0.1, 0.15) is 29.1 Å². The number of carbonyl (C=O) groups excluding carboxylic acids is 1. The van der Waals surface area contributed by atoms with Crippen LogP contribution in [0, 0.1) is 0 Å². The first-order chi connectivity index (χ1) is 15.6. The Labute approximate surface area is 196 Å². The molecule has 0 amide bonds. The first-order valence-corrected chi connectivity index (χ1v) is 11.7. The maximum absolute atomic E-state index is 12.6. The van der Waals surface area contributed by atoms with Crippen LogP contribution in [0.3, 0.4) is 0 Å². The minimum atomic E-state index is -0.453. The summed E-state index contributed by atoms with van der Waals surface area (Å²) in [6, 6.07) is 23.1. The van der Waals surface area contributed by atoms with Crippen molar-refractivity contribution in [1.29, 1.82) is 0 Å². The fraction of sp³-hybridized carbons (Fsp3) is 0.154. The first kappa shape index (κ1) is 22.1. The molecule has 0 fully saturated rings. The number of nitrogens with zero attached hydrogens (tertiary/aromatic N) is 2. The fourth-order valence-corrected chi connectivity index (χ4v) is 4.79. The molecule has 1 heterocycles. The number of ether oxygens (including phenoxy) is 1. The minimum Gasteiger partial charge on any atom is -0.422 e. The summed E-state index contributed by atoms with van der Waals surface area (Å²) in [5, 5.41) is 1.30. The lowest BCUT2D eigenvalue weighted by Gasteiger charge is -2.20. The Kier molecular flexibility index (Phi) is 6.88. The van der Waals surface area contributed by atoms with Crippen LogP contribution in [0.5, 0.6) is 5.75 Å². The van der Waals surface area contributed by atoms with Gasteiger partial charge >= 0.3 is 5.97 Å². The summed E-state index contributed by atoms with van der Waals surface area (Å²) in [7, 11) is 0. The van der Waals surface area contributed by atoms with Crippen LogP contribution in [-0.4, -0.2) is 25.3 Å². The molecule has 0 bridgehead atoms. The number of thiophene rings is 1. The van der Waals surface area contributed by atoms with Gasteiger partial charge in [0, 0.05) is 35.1 Å². The molecule has 0 aliphatic rings. The number of hydrogen-bond acceptors (Lipinski definition) is 5. The average Bonchev–Trinajstić information content (AvgIpc) is 3.17. The topological polar surface area (TPSA) is 41.9 Å². The van der Waals surface area contributed by atoms with Crippen LogP contribution in [0.15, 0.2) is 77.8 Å². The van der Waals surface area contributed by atoms with E-state index in [-0.39, 0.29) is 0 Å². The molecule has 4 aromatic rings. The molecule has 0 N–H and O–H groups in total. The summed E-state index contributed by atoms with van der Waals surface area (Å²) in [4.78, 5) is 19.8. The number of benzene rings is 3. The van der Waals surface area contributed by atoms with Gasteiger partial charge in [0.15, 0.2) is 0 Å². The third-order valence-corrected chi connectivity index (χ3v) is 6.81. The Morgan fingerprint density at radius 3 is 2.34 bits per heavy atom. The summed E-state index contributed by atoms with van der Waals surface area (Å²) >= 11 is 7.71. The summed E-state index contributed by atoms with van der Waals surface area (Å²) < 4.78 is 6.48. The molecule has 6 heteroatoms. The second kappa shape index (κ2) is 9.98. The zero-order chi connectivity index (χ0) is 22.5. The van der Waals surface area contributed by atoms with Gasteiger partial charge in [-0.05, 0) is 74.0 Å². The highest BCUT2D eigenvalue weighted by Gasteiger charge is 2.18. The number of halogens is 1. The maximum Gasteiger partial charge on any atom is 0.355 e. The van der Waals surface area contributed by atoms with Crippen molar-refractivity contribution < 1.29 is 9.53 Å². The number of carbonyl (C=O) groups is 1. The van der Waals surface area contributed by atoms with Gasteiger partial charge in [-0.2, -0.15) is 0 Å². The van der Waals surface area contributed by atoms with Gasteiger partial charge in [0.2, 0.25) is 0 Å². The molecule has 0 aliphatic carbocycles. The van der Waals surface area contributed by atoms with Gasteiger partial charge in [-0.1, -0.05) is 29.8 Å². The van der Waals surface area contributed by atoms with Crippen molar-refractivity contribution in [3.8, 4) is 5.75 Å². The second-order valence-electron chi connectivity index (χ2n) is 7.15. The van der Waals surface area contributed by atoms with E-state index in [0.29, 0.717) is 15.6 Å². The molecule has 0 unspecified atom stereocenters. The van der Waals surface area contributed by atoms with E-state index in [1.54, 1.807) is 18.3 Å². The van der Waals surface area contributed by atoms with Crippen LogP contribution in [0.4, 0.5) is 11.4 Å². The number of fused-ring (bicyclic) bond motifs is 1. The summed E-state index contributed by atoms with van der Waals surface area (Å²) in [5.74, 6) is 0.00941. The minimum absolute atomic E-state index is 0.409. The molecule has 0 saturated heterocycles. The molecular formula is C26H23ClN2O2S. The maximum atomic E-state index is 12.6. The van der Waals surface area contributed by atoms with Gasteiger partial charge < -0.3 is 9.64 Å². The Bertz CT molecular complexity index is 1240. The van der Waals surface area contributed by atoms with E-state index < -0.39 is 5.97 Å². The lowest BCUT2D eigenvalue weighted by molar-refractivity contribution is 0.0740. The lowest BCUT2D eigenvalue weighted by Crippen LogP contribution is -2.21. The van der Waals surface area contributed by atoms with Crippen molar-refractivity contribution in [1.82, 2.24) is 0 Å². The van der Waals surface area contributed by atoms with Crippen LogP contribution in [0.25, 0.3) is 10.1 Å². The number of hydrogen-bond donors (Lipinski definition) is 0. The Hall–Kier alpha value is -3.15. The van der Waals surface area contributed by atoms with Gasteiger partial charge in [0.05, 0.1) is 10.7 Å². The Morgan fingerprint density at radius 2 is 1.69 bits per heavy atom. The largest absolute Gasteiger partial charge is 0.422 e. The molecule has 0 saturated carbocycles. The highest BCUT2D eigenvalue weighted by Crippen LogP contribution is 2.35. The number of aliphatic imine (C=N–C) groups is 1. The molecule has 162 valence electrons. The van der Waals surface area contributed by atoms with Gasteiger partial charge in [-0.15, -0.1) is 11.3 Å². The molecule has 3 aromatic carbocycles. The quantitative estimate of drug-likeness (QED) is 0.163. The normalized spacial score (nSPS) is 11.2. The van der Waals surface area contributed by atoms with E-state index in [4.69, 9.17) is 16.3 Å². The van der Waals surface area contributed by atoms with Crippen LogP contribution < -0.4 is 9.64 Å². The fourth-order valence-electron chi connectivity index (χ4n) is 3.41. The Morgan fingerprint density at radius 1 is 1.00 bits per heavy atom. The van der Waals surface area contributed by atoms with E-state index in [0.717, 1.165) is 34.4 Å². The third-order valence-electron chi connectivity index (χ3n) is 5.15. The van der Waals surface area contributed by atoms with Crippen molar-refractivity contribution in [3.63, 3.8) is 0 Å². The van der Waals surface area contributed by atoms with E-state index in [2.05, 4.69) is 35.9 Å². The Balaban J connectivity index is 1.41. The summed E-state index contributed by atoms with van der Waals surface area (Å²) in [5.41, 5.74) is 2.99. The molecular weight excluding hydrogens is 440 g/mol. The van der Waals surface area contributed by atoms with E-state index in [9.17, 15) is 4.79 Å². The molecule has 4 rings (SSSR count). The molecule has 0 aliphatic heterocycles. The van der Waals surface area contributed by atoms with Gasteiger partial charge in [-0.3, -0.25) is 4.99 Å². The van der Waals surface area contributed by atoms with Crippen LogP contribution in [0.2, 0.25) is 5.02 Å². The van der Waals surface area contributed by atoms with Crippen molar-refractivity contribution >= 4 is 56.6 Å². The molecule has 0 spiro atoms. The lowest BCUT2D eigenvalue weighted by atomic mass is 10.2. The van der Waals surface area contributed by atoms with Gasteiger partial charge in [0.1, 0.15) is 10.6 Å². The zero-order valence-corrected chi connectivity index (χ0v) is 19.5. The molecule has 0 atom stereocenters.